The standard InChI is InChI=1S/C22H13ClN2O4/c23-18(14-7-3-1-4-8-14)12-16-11-17-20(13-19(16)25(28)29)24(27)21(22(17)26)15-9-5-2-6-10-15/h1-13H. The van der Waals surface area contributed by atoms with Crippen molar-refractivity contribution in [1.82, 2.24) is 0 Å². The molecule has 0 N–H and O–H groups in total. The van der Waals surface area contributed by atoms with E-state index >= 15 is 0 Å². The maximum Gasteiger partial charge on any atom is 0.283 e. The third kappa shape index (κ3) is 3.30. The molecule has 7 heteroatoms. The number of hydrogen-bond donors (Lipinski definition) is 0. The quantitative estimate of drug-likeness (QED) is 0.197. The van der Waals surface area contributed by atoms with Crippen molar-refractivity contribution in [2.75, 3.05) is 0 Å². The van der Waals surface area contributed by atoms with Crippen LogP contribution in [0.1, 0.15) is 27.0 Å². The molecule has 1 aliphatic heterocycles. The first-order valence-electron chi connectivity index (χ1n) is 8.67. The molecule has 0 saturated carbocycles. The molecule has 0 spiro atoms. The van der Waals surface area contributed by atoms with Crippen molar-refractivity contribution in [2.24, 2.45) is 0 Å². The first kappa shape index (κ1) is 18.6. The van der Waals surface area contributed by atoms with E-state index < -0.39 is 10.7 Å². The van der Waals surface area contributed by atoms with Crippen molar-refractivity contribution in [2.45, 2.75) is 0 Å². The van der Waals surface area contributed by atoms with Gasteiger partial charge in [-0.1, -0.05) is 60.1 Å². The number of halogens is 1. The highest BCUT2D eigenvalue weighted by molar-refractivity contribution is 6.52. The van der Waals surface area contributed by atoms with E-state index in [0.717, 1.165) is 6.07 Å². The van der Waals surface area contributed by atoms with Gasteiger partial charge in [0.05, 0.1) is 22.1 Å². The number of nitro benzene ring substituents is 1. The fraction of sp³-hybridized carbons (Fsp3) is 0. The monoisotopic (exact) mass is 404 g/mol. The van der Waals surface area contributed by atoms with E-state index in [4.69, 9.17) is 11.6 Å². The highest BCUT2D eigenvalue weighted by atomic mass is 35.5. The van der Waals surface area contributed by atoms with E-state index in [2.05, 4.69) is 0 Å². The summed E-state index contributed by atoms with van der Waals surface area (Å²) in [5.41, 5.74) is 0.967. The molecule has 4 rings (SSSR count). The Morgan fingerprint density at radius 1 is 1.00 bits per heavy atom. The van der Waals surface area contributed by atoms with Gasteiger partial charge >= 0.3 is 0 Å². The van der Waals surface area contributed by atoms with Gasteiger partial charge in [-0.3, -0.25) is 14.9 Å². The molecule has 0 aromatic heterocycles. The lowest BCUT2D eigenvalue weighted by atomic mass is 10.00. The number of carbonyl (C=O) groups excluding carboxylic acids is 1. The summed E-state index contributed by atoms with van der Waals surface area (Å²) in [6, 6.07) is 19.9. The molecule has 0 amide bonds. The molecule has 0 fully saturated rings. The second-order valence-electron chi connectivity index (χ2n) is 6.38. The highest BCUT2D eigenvalue weighted by Gasteiger charge is 2.39. The number of hydrogen-bond acceptors (Lipinski definition) is 4. The van der Waals surface area contributed by atoms with Crippen molar-refractivity contribution < 1.29 is 14.5 Å². The van der Waals surface area contributed by atoms with Gasteiger partial charge in [-0.25, -0.2) is 0 Å². The average Bonchev–Trinajstić information content (AvgIpc) is 2.98. The third-order valence-corrected chi connectivity index (χ3v) is 4.93. The summed E-state index contributed by atoms with van der Waals surface area (Å²) < 4.78 is 0.451. The summed E-state index contributed by atoms with van der Waals surface area (Å²) in [6.07, 6.45) is 1.43. The van der Waals surface area contributed by atoms with Gasteiger partial charge in [0.25, 0.3) is 17.2 Å². The second kappa shape index (κ2) is 7.33. The minimum absolute atomic E-state index is 0.0477. The van der Waals surface area contributed by atoms with E-state index in [1.807, 2.05) is 6.07 Å². The Labute approximate surface area is 170 Å². The van der Waals surface area contributed by atoms with E-state index in [0.29, 0.717) is 15.9 Å². The van der Waals surface area contributed by atoms with Gasteiger partial charge in [0.15, 0.2) is 0 Å². The lowest BCUT2D eigenvalue weighted by Gasteiger charge is -2.04. The van der Waals surface area contributed by atoms with Gasteiger partial charge in [-0.2, -0.15) is 4.74 Å². The number of benzene rings is 3. The molecular weight excluding hydrogens is 392 g/mol. The molecule has 29 heavy (non-hydrogen) atoms. The number of carbonyl (C=O) groups is 1. The summed E-state index contributed by atoms with van der Waals surface area (Å²) >= 11 is 6.33. The lowest BCUT2D eigenvalue weighted by molar-refractivity contribution is -0.387. The van der Waals surface area contributed by atoms with Crippen LogP contribution in [0.5, 0.6) is 0 Å². The highest BCUT2D eigenvalue weighted by Crippen LogP contribution is 2.36. The zero-order valence-corrected chi connectivity index (χ0v) is 15.7. The molecule has 1 aliphatic rings. The summed E-state index contributed by atoms with van der Waals surface area (Å²) in [7, 11) is 0. The number of nitrogens with zero attached hydrogens (tertiary/aromatic N) is 2. The van der Waals surface area contributed by atoms with Crippen molar-refractivity contribution in [3.05, 3.63) is 110 Å². The summed E-state index contributed by atoms with van der Waals surface area (Å²) in [5, 5.41) is 24.6. The molecule has 0 aliphatic carbocycles. The van der Waals surface area contributed by atoms with E-state index in [1.165, 1.54) is 12.1 Å². The molecule has 6 nitrogen and oxygen atoms in total. The van der Waals surface area contributed by atoms with Crippen LogP contribution in [0.3, 0.4) is 0 Å². The van der Waals surface area contributed by atoms with Crippen LogP contribution in [0.4, 0.5) is 11.4 Å². The molecule has 142 valence electrons. The normalized spacial score (nSPS) is 13.6. The van der Waals surface area contributed by atoms with Crippen molar-refractivity contribution in [1.29, 1.82) is 0 Å². The SMILES string of the molecule is O=C1C(c2ccccc2)=[N+]([O-])c2cc([N+](=O)[O-])c(C=C(Cl)c3ccccc3)cc21. The van der Waals surface area contributed by atoms with Crippen LogP contribution in [0.25, 0.3) is 11.1 Å². The third-order valence-electron chi connectivity index (χ3n) is 4.60. The predicted octanol–water partition coefficient (Wildman–Crippen LogP) is 5.16. The zero-order valence-electron chi connectivity index (χ0n) is 14.9. The number of Topliss-reactive ketones (excluding diaryl/α,β-unsaturated/α-hetero) is 1. The Hall–Kier alpha value is -3.77. The summed E-state index contributed by atoms with van der Waals surface area (Å²) in [4.78, 5) is 23.9. The van der Waals surface area contributed by atoms with Gasteiger partial charge in [0.2, 0.25) is 5.69 Å². The molecule has 0 radical (unpaired) electrons. The van der Waals surface area contributed by atoms with Crippen molar-refractivity contribution in [3.63, 3.8) is 0 Å². The molecular formula is C22H13ClN2O4. The Morgan fingerprint density at radius 2 is 1.62 bits per heavy atom. The molecule has 0 unspecified atom stereocenters. The lowest BCUT2D eigenvalue weighted by Crippen LogP contribution is -2.16. The first-order valence-corrected chi connectivity index (χ1v) is 9.04. The van der Waals surface area contributed by atoms with Gasteiger partial charge in [-0.05, 0) is 29.8 Å². The zero-order chi connectivity index (χ0) is 20.5. The Kier molecular flexibility index (Phi) is 4.70. The Bertz CT molecular complexity index is 1200. The summed E-state index contributed by atoms with van der Waals surface area (Å²) in [6.45, 7) is 0. The predicted molar refractivity (Wildman–Crippen MR) is 111 cm³/mol. The van der Waals surface area contributed by atoms with Crippen LogP contribution < -0.4 is 0 Å². The van der Waals surface area contributed by atoms with Crippen molar-refractivity contribution >= 4 is 45.6 Å². The summed E-state index contributed by atoms with van der Waals surface area (Å²) in [5.74, 6) is -0.485. The largest absolute Gasteiger partial charge is 0.618 e. The van der Waals surface area contributed by atoms with E-state index in [1.54, 1.807) is 54.6 Å². The van der Waals surface area contributed by atoms with Crippen LogP contribution in [0, 0.1) is 15.3 Å². The van der Waals surface area contributed by atoms with Gasteiger partial charge in [-0.15, -0.1) is 0 Å². The van der Waals surface area contributed by atoms with E-state index in [9.17, 15) is 20.1 Å². The second-order valence-corrected chi connectivity index (χ2v) is 6.79. The smallest absolute Gasteiger partial charge is 0.283 e. The molecule has 0 atom stereocenters. The van der Waals surface area contributed by atoms with Crippen LogP contribution in [-0.4, -0.2) is 21.2 Å². The fourth-order valence-electron chi connectivity index (χ4n) is 3.22. The molecule has 1 heterocycles. The molecule has 3 aromatic carbocycles. The number of rotatable bonds is 4. The van der Waals surface area contributed by atoms with Crippen LogP contribution in [-0.2, 0) is 0 Å². The topological polar surface area (TPSA) is 86.3 Å². The minimum atomic E-state index is -0.597. The van der Waals surface area contributed by atoms with Gasteiger partial charge in [0, 0.05) is 5.03 Å². The number of fused-ring (bicyclic) bond motifs is 1. The number of ketones is 1. The Morgan fingerprint density at radius 3 is 2.24 bits per heavy atom. The maximum atomic E-state index is 12.9. The van der Waals surface area contributed by atoms with Crippen LogP contribution in [0.2, 0.25) is 0 Å². The maximum absolute atomic E-state index is 12.9. The first-order chi connectivity index (χ1) is 14.0. The molecule has 3 aromatic rings. The molecule has 0 bridgehead atoms. The fourth-order valence-corrected chi connectivity index (χ4v) is 3.46. The molecule has 0 saturated heterocycles. The Balaban J connectivity index is 1.86. The van der Waals surface area contributed by atoms with Crippen LogP contribution in [0.15, 0.2) is 72.8 Å². The minimum Gasteiger partial charge on any atom is -0.618 e. The van der Waals surface area contributed by atoms with Gasteiger partial charge in [0.1, 0.15) is 5.56 Å². The number of nitro groups is 1. The van der Waals surface area contributed by atoms with Crippen molar-refractivity contribution in [3.8, 4) is 0 Å². The van der Waals surface area contributed by atoms with Crippen LogP contribution >= 0.6 is 11.6 Å². The van der Waals surface area contributed by atoms with Gasteiger partial charge < -0.3 is 5.21 Å². The van der Waals surface area contributed by atoms with E-state index in [-0.39, 0.29) is 33.2 Å². The average molecular weight is 405 g/mol.